The number of nitrogens with zero attached hydrogens (tertiary/aromatic N) is 2. The molecule has 0 aliphatic carbocycles. The third-order valence-electron chi connectivity index (χ3n) is 4.82. The standard InChI is InChI=1S/C18H18N2O4/c1-12-7-9-13(10-8-12)17-18(20(21)22)15(11-19(2)24-18)14-5-3-4-6-16(14)23-17/h3-10,15,17H,11H2,1-2H3/t15-,17+,18-/m0/s1. The minimum Gasteiger partial charge on any atom is -0.475 e. The van der Waals surface area contributed by atoms with Crippen molar-refractivity contribution in [2.24, 2.45) is 0 Å². The van der Waals surface area contributed by atoms with E-state index in [1.54, 1.807) is 12.1 Å². The molecule has 6 heteroatoms. The summed E-state index contributed by atoms with van der Waals surface area (Å²) in [6, 6.07) is 15.1. The van der Waals surface area contributed by atoms with E-state index in [0.29, 0.717) is 12.3 Å². The molecule has 124 valence electrons. The molecular formula is C18H18N2O4. The Hall–Kier alpha value is -2.44. The van der Waals surface area contributed by atoms with Crippen LogP contribution < -0.4 is 4.74 Å². The molecule has 2 aliphatic rings. The molecule has 0 N–H and O–H groups in total. The first kappa shape index (κ1) is 15.1. The molecule has 0 spiro atoms. The molecule has 4 rings (SSSR count). The summed E-state index contributed by atoms with van der Waals surface area (Å²) in [4.78, 5) is 17.6. The van der Waals surface area contributed by atoms with Gasteiger partial charge in [-0.2, -0.15) is 5.06 Å². The number of benzene rings is 2. The van der Waals surface area contributed by atoms with Crippen LogP contribution in [0.4, 0.5) is 0 Å². The molecule has 0 saturated carbocycles. The van der Waals surface area contributed by atoms with Crippen molar-refractivity contribution < 1.29 is 14.5 Å². The average Bonchev–Trinajstić information content (AvgIpc) is 2.93. The van der Waals surface area contributed by atoms with Crippen LogP contribution in [-0.2, 0) is 4.84 Å². The molecular weight excluding hydrogens is 308 g/mol. The highest BCUT2D eigenvalue weighted by atomic mass is 16.8. The van der Waals surface area contributed by atoms with Crippen LogP contribution in [0.2, 0.25) is 0 Å². The minimum atomic E-state index is -1.65. The highest BCUT2D eigenvalue weighted by molar-refractivity contribution is 5.43. The third kappa shape index (κ3) is 2.03. The zero-order chi connectivity index (χ0) is 16.9. The maximum atomic E-state index is 12.1. The van der Waals surface area contributed by atoms with Crippen LogP contribution in [0.15, 0.2) is 48.5 Å². The van der Waals surface area contributed by atoms with Gasteiger partial charge in [-0.05, 0) is 13.0 Å². The van der Waals surface area contributed by atoms with E-state index in [0.717, 1.165) is 16.7 Å². The highest BCUT2D eigenvalue weighted by Crippen LogP contribution is 2.54. The largest absolute Gasteiger partial charge is 0.475 e. The van der Waals surface area contributed by atoms with Crippen LogP contribution in [0, 0.1) is 17.0 Å². The van der Waals surface area contributed by atoms with Crippen LogP contribution >= 0.6 is 0 Å². The van der Waals surface area contributed by atoms with E-state index in [9.17, 15) is 10.1 Å². The Morgan fingerprint density at radius 1 is 1.21 bits per heavy atom. The second-order valence-corrected chi connectivity index (χ2v) is 6.41. The Labute approximate surface area is 139 Å². The fraction of sp³-hybridized carbons (Fsp3) is 0.333. The van der Waals surface area contributed by atoms with Gasteiger partial charge >= 0.3 is 5.72 Å². The Morgan fingerprint density at radius 2 is 1.92 bits per heavy atom. The van der Waals surface area contributed by atoms with Gasteiger partial charge in [0, 0.05) is 24.7 Å². The maximum Gasteiger partial charge on any atom is 0.389 e. The van der Waals surface area contributed by atoms with Gasteiger partial charge in [0.2, 0.25) is 6.10 Å². The lowest BCUT2D eigenvalue weighted by atomic mass is 9.80. The van der Waals surface area contributed by atoms with Gasteiger partial charge in [-0.1, -0.05) is 48.0 Å². The molecule has 0 aromatic heterocycles. The number of ether oxygens (including phenoxy) is 1. The molecule has 0 unspecified atom stereocenters. The number of fused-ring (bicyclic) bond motifs is 3. The van der Waals surface area contributed by atoms with Crippen molar-refractivity contribution >= 4 is 0 Å². The predicted molar refractivity (Wildman–Crippen MR) is 87.2 cm³/mol. The summed E-state index contributed by atoms with van der Waals surface area (Å²) >= 11 is 0. The van der Waals surface area contributed by atoms with Crippen molar-refractivity contribution in [3.8, 4) is 5.75 Å². The molecule has 0 radical (unpaired) electrons. The number of hydrogen-bond acceptors (Lipinski definition) is 5. The normalized spacial score (nSPS) is 28.8. The average molecular weight is 326 g/mol. The van der Waals surface area contributed by atoms with Crippen molar-refractivity contribution in [2.75, 3.05) is 13.6 Å². The van der Waals surface area contributed by atoms with E-state index in [2.05, 4.69) is 0 Å². The van der Waals surface area contributed by atoms with Crippen molar-refractivity contribution in [1.29, 1.82) is 0 Å². The molecule has 2 aliphatic heterocycles. The number of rotatable bonds is 2. The van der Waals surface area contributed by atoms with Crippen molar-refractivity contribution in [1.82, 2.24) is 5.06 Å². The predicted octanol–water partition coefficient (Wildman–Crippen LogP) is 3.06. The zero-order valence-electron chi connectivity index (χ0n) is 13.5. The first-order valence-corrected chi connectivity index (χ1v) is 7.89. The Balaban J connectivity index is 1.92. The van der Waals surface area contributed by atoms with E-state index >= 15 is 0 Å². The minimum absolute atomic E-state index is 0.332. The number of nitro groups is 1. The first-order valence-electron chi connectivity index (χ1n) is 7.89. The van der Waals surface area contributed by atoms with Crippen LogP contribution in [0.25, 0.3) is 0 Å². The smallest absolute Gasteiger partial charge is 0.389 e. The van der Waals surface area contributed by atoms with E-state index < -0.39 is 17.7 Å². The van der Waals surface area contributed by atoms with Crippen molar-refractivity contribution in [3.63, 3.8) is 0 Å². The van der Waals surface area contributed by atoms with Crippen LogP contribution in [-0.4, -0.2) is 29.3 Å². The van der Waals surface area contributed by atoms with Crippen LogP contribution in [0.3, 0.4) is 0 Å². The highest BCUT2D eigenvalue weighted by Gasteiger charge is 2.68. The SMILES string of the molecule is Cc1ccc([C@H]2Oc3ccccc3[C@@H]3CN(C)O[C@]23[N+](=O)[O-])cc1. The van der Waals surface area contributed by atoms with E-state index in [4.69, 9.17) is 9.57 Å². The van der Waals surface area contributed by atoms with Gasteiger partial charge in [0.25, 0.3) is 0 Å². The topological polar surface area (TPSA) is 64.8 Å². The van der Waals surface area contributed by atoms with E-state index in [-0.39, 0.29) is 4.92 Å². The third-order valence-corrected chi connectivity index (χ3v) is 4.82. The molecule has 2 heterocycles. The summed E-state index contributed by atoms with van der Waals surface area (Å²) < 4.78 is 6.09. The Morgan fingerprint density at radius 3 is 2.62 bits per heavy atom. The summed E-state index contributed by atoms with van der Waals surface area (Å²) in [5.41, 5.74) is 0.999. The van der Waals surface area contributed by atoms with E-state index in [1.165, 1.54) is 0 Å². The van der Waals surface area contributed by atoms with Crippen LogP contribution in [0.5, 0.6) is 5.75 Å². The van der Waals surface area contributed by atoms with Gasteiger partial charge < -0.3 is 4.74 Å². The molecule has 0 bridgehead atoms. The van der Waals surface area contributed by atoms with Crippen molar-refractivity contribution in [2.45, 2.75) is 24.7 Å². The summed E-state index contributed by atoms with van der Waals surface area (Å²) in [6.07, 6.45) is -0.807. The van der Waals surface area contributed by atoms with Gasteiger partial charge in [0.1, 0.15) is 11.7 Å². The summed E-state index contributed by atoms with van der Waals surface area (Å²) in [5.74, 6) is 0.290. The maximum absolute atomic E-state index is 12.1. The molecule has 3 atom stereocenters. The van der Waals surface area contributed by atoms with Crippen LogP contribution in [0.1, 0.15) is 28.7 Å². The second-order valence-electron chi connectivity index (χ2n) is 6.41. The number of likely N-dealkylation sites (N-methyl/N-ethyl adjacent to an activating group) is 1. The lowest BCUT2D eigenvalue weighted by molar-refractivity contribution is -0.655. The molecule has 24 heavy (non-hydrogen) atoms. The van der Waals surface area contributed by atoms with Gasteiger partial charge in [-0.3, -0.25) is 10.1 Å². The van der Waals surface area contributed by atoms with E-state index in [1.807, 2.05) is 55.5 Å². The molecule has 6 nitrogen and oxygen atoms in total. The molecule has 2 aromatic rings. The Kier molecular flexibility index (Phi) is 3.33. The summed E-state index contributed by atoms with van der Waals surface area (Å²) in [7, 11) is 1.72. The Bertz CT molecular complexity index is 792. The van der Waals surface area contributed by atoms with Gasteiger partial charge in [-0.25, -0.2) is 4.84 Å². The summed E-state index contributed by atoms with van der Waals surface area (Å²) in [6.45, 7) is 2.43. The van der Waals surface area contributed by atoms with Gasteiger partial charge in [0.05, 0.1) is 4.92 Å². The van der Waals surface area contributed by atoms with Crippen molar-refractivity contribution in [3.05, 3.63) is 75.3 Å². The molecule has 1 saturated heterocycles. The quantitative estimate of drug-likeness (QED) is 0.627. The number of hydroxylamine groups is 2. The number of hydrogen-bond donors (Lipinski definition) is 0. The number of aryl methyl sites for hydroxylation is 1. The van der Waals surface area contributed by atoms with Gasteiger partial charge in [0.15, 0.2) is 0 Å². The monoisotopic (exact) mass is 326 g/mol. The summed E-state index contributed by atoms with van der Waals surface area (Å²) in [5, 5.41) is 13.7. The zero-order valence-corrected chi connectivity index (χ0v) is 13.5. The van der Waals surface area contributed by atoms with Gasteiger partial charge in [-0.15, -0.1) is 0 Å². The lowest BCUT2D eigenvalue weighted by Crippen LogP contribution is -2.53. The fourth-order valence-corrected chi connectivity index (χ4v) is 3.68. The lowest BCUT2D eigenvalue weighted by Gasteiger charge is -2.37. The second kappa shape index (κ2) is 5.29. The molecule has 2 aromatic carbocycles. The molecule has 1 fully saturated rings. The fourth-order valence-electron chi connectivity index (χ4n) is 3.68. The number of para-hydroxylation sites is 1. The molecule has 0 amide bonds. The first-order chi connectivity index (χ1) is 11.5.